The van der Waals surface area contributed by atoms with Crippen LogP contribution < -0.4 is 5.32 Å². The first-order chi connectivity index (χ1) is 24.8. The minimum absolute atomic E-state index is 0.203. The van der Waals surface area contributed by atoms with Crippen molar-refractivity contribution in [2.24, 2.45) is 0 Å². The van der Waals surface area contributed by atoms with Crippen molar-refractivity contribution in [3.63, 3.8) is 0 Å². The molecule has 1 aliphatic rings. The molecular formula is C42H73NO8. The average molecular weight is 720 g/mol. The molecule has 1 aliphatic heterocycles. The number of carbonyl (C=O) groups excluding carboxylic acids is 1. The summed E-state index contributed by atoms with van der Waals surface area (Å²) < 4.78 is 11.1. The molecule has 294 valence electrons. The lowest BCUT2D eigenvalue weighted by molar-refractivity contribution is -0.302. The van der Waals surface area contributed by atoms with Crippen LogP contribution in [0.15, 0.2) is 60.8 Å². The Morgan fingerprint density at radius 3 is 1.88 bits per heavy atom. The maximum atomic E-state index is 12.9. The van der Waals surface area contributed by atoms with Gasteiger partial charge in [-0.2, -0.15) is 0 Å². The molecule has 1 heterocycles. The van der Waals surface area contributed by atoms with Crippen molar-refractivity contribution < 1.29 is 39.8 Å². The zero-order valence-corrected chi connectivity index (χ0v) is 31.8. The van der Waals surface area contributed by atoms with E-state index >= 15 is 0 Å². The lowest BCUT2D eigenvalue weighted by atomic mass is 9.99. The Kier molecular flexibility index (Phi) is 29.9. The van der Waals surface area contributed by atoms with Crippen LogP contribution in [-0.4, -0.2) is 87.5 Å². The molecule has 0 bridgehead atoms. The van der Waals surface area contributed by atoms with Crippen LogP contribution in [-0.2, 0) is 14.3 Å². The number of carbonyl (C=O) groups is 1. The first-order valence-electron chi connectivity index (χ1n) is 20.0. The molecule has 0 aliphatic carbocycles. The van der Waals surface area contributed by atoms with Crippen LogP contribution in [0, 0.1) is 0 Å². The predicted molar refractivity (Wildman–Crippen MR) is 207 cm³/mol. The number of aliphatic hydroxyl groups is 5. The molecule has 1 rings (SSSR count). The topological polar surface area (TPSA) is 149 Å². The zero-order valence-electron chi connectivity index (χ0n) is 31.8. The molecule has 1 amide bonds. The summed E-state index contributed by atoms with van der Waals surface area (Å²) in [5, 5.41) is 53.9. The number of allylic oxidation sites excluding steroid dienone is 9. The van der Waals surface area contributed by atoms with Crippen molar-refractivity contribution >= 4 is 5.91 Å². The number of hydrogen-bond donors (Lipinski definition) is 6. The van der Waals surface area contributed by atoms with Crippen LogP contribution in [0.25, 0.3) is 0 Å². The van der Waals surface area contributed by atoms with E-state index in [1.54, 1.807) is 6.08 Å². The summed E-state index contributed by atoms with van der Waals surface area (Å²) >= 11 is 0. The second-order valence-electron chi connectivity index (χ2n) is 13.7. The second-order valence-corrected chi connectivity index (χ2v) is 13.7. The molecule has 6 N–H and O–H groups in total. The number of rotatable bonds is 31. The average Bonchev–Trinajstić information content (AvgIpc) is 3.13. The highest BCUT2D eigenvalue weighted by Gasteiger charge is 2.44. The van der Waals surface area contributed by atoms with Crippen molar-refractivity contribution in [1.29, 1.82) is 0 Å². The molecule has 7 atom stereocenters. The Labute approximate surface area is 309 Å². The van der Waals surface area contributed by atoms with Gasteiger partial charge < -0.3 is 40.3 Å². The molecule has 1 fully saturated rings. The third-order valence-electron chi connectivity index (χ3n) is 9.08. The first-order valence-corrected chi connectivity index (χ1v) is 20.0. The maximum Gasteiger partial charge on any atom is 0.220 e. The number of amides is 1. The number of unbranched alkanes of at least 4 members (excludes halogenated alkanes) is 13. The Morgan fingerprint density at radius 2 is 1.24 bits per heavy atom. The molecule has 0 aromatic rings. The highest BCUT2D eigenvalue weighted by atomic mass is 16.7. The summed E-state index contributed by atoms with van der Waals surface area (Å²) in [6, 6.07) is -0.826. The van der Waals surface area contributed by atoms with Crippen LogP contribution in [0.1, 0.15) is 142 Å². The Balaban J connectivity index is 2.44. The van der Waals surface area contributed by atoms with Crippen LogP contribution in [0.2, 0.25) is 0 Å². The summed E-state index contributed by atoms with van der Waals surface area (Å²) in [6.07, 6.45) is 34.1. The van der Waals surface area contributed by atoms with Gasteiger partial charge in [-0.25, -0.2) is 0 Å². The highest BCUT2D eigenvalue weighted by molar-refractivity contribution is 5.76. The van der Waals surface area contributed by atoms with Gasteiger partial charge in [0.15, 0.2) is 6.29 Å². The summed E-state index contributed by atoms with van der Waals surface area (Å²) in [4.78, 5) is 12.9. The quantitative estimate of drug-likeness (QED) is 0.0324. The summed E-state index contributed by atoms with van der Waals surface area (Å²) in [7, 11) is 0. The van der Waals surface area contributed by atoms with Gasteiger partial charge in [-0.3, -0.25) is 4.79 Å². The van der Waals surface area contributed by atoms with Crippen molar-refractivity contribution in [2.45, 2.75) is 185 Å². The van der Waals surface area contributed by atoms with Gasteiger partial charge in [-0.1, -0.05) is 132 Å². The predicted octanol–water partition coefficient (Wildman–Crippen LogP) is 7.27. The van der Waals surface area contributed by atoms with E-state index in [4.69, 9.17) is 9.47 Å². The van der Waals surface area contributed by atoms with Gasteiger partial charge in [0.2, 0.25) is 5.91 Å². The molecule has 0 aromatic carbocycles. The minimum Gasteiger partial charge on any atom is -0.394 e. The number of aliphatic hydroxyl groups excluding tert-OH is 5. The number of nitrogens with one attached hydrogen (secondary N) is 1. The van der Waals surface area contributed by atoms with E-state index in [1.165, 1.54) is 51.4 Å². The number of ether oxygens (including phenoxy) is 2. The molecule has 1 saturated heterocycles. The minimum atomic E-state index is -1.57. The fraction of sp³-hybridized carbons (Fsp3) is 0.738. The smallest absolute Gasteiger partial charge is 0.220 e. The van der Waals surface area contributed by atoms with E-state index in [2.05, 4.69) is 67.8 Å². The summed E-state index contributed by atoms with van der Waals surface area (Å²) in [6.45, 7) is 3.58. The van der Waals surface area contributed by atoms with E-state index in [1.807, 2.05) is 6.08 Å². The second kappa shape index (κ2) is 32.5. The zero-order chi connectivity index (χ0) is 37.4. The lowest BCUT2D eigenvalue weighted by Crippen LogP contribution is -2.60. The van der Waals surface area contributed by atoms with E-state index in [0.29, 0.717) is 6.42 Å². The molecule has 9 heteroatoms. The van der Waals surface area contributed by atoms with Crippen LogP contribution in [0.3, 0.4) is 0 Å². The van der Waals surface area contributed by atoms with Gasteiger partial charge in [0, 0.05) is 6.42 Å². The van der Waals surface area contributed by atoms with Crippen molar-refractivity contribution in [2.75, 3.05) is 13.2 Å². The molecule has 51 heavy (non-hydrogen) atoms. The fourth-order valence-electron chi connectivity index (χ4n) is 5.83. The largest absolute Gasteiger partial charge is 0.394 e. The van der Waals surface area contributed by atoms with Crippen LogP contribution in [0.4, 0.5) is 0 Å². The fourth-order valence-corrected chi connectivity index (χ4v) is 5.83. The van der Waals surface area contributed by atoms with Crippen molar-refractivity contribution in [3.05, 3.63) is 60.8 Å². The van der Waals surface area contributed by atoms with Crippen molar-refractivity contribution in [3.8, 4) is 0 Å². The molecule has 0 spiro atoms. The monoisotopic (exact) mass is 720 g/mol. The van der Waals surface area contributed by atoms with Gasteiger partial charge in [0.25, 0.3) is 0 Å². The Bertz CT molecular complexity index is 978. The van der Waals surface area contributed by atoms with Crippen molar-refractivity contribution in [1.82, 2.24) is 5.32 Å². The normalized spacial score (nSPS) is 22.7. The number of hydrogen-bond acceptors (Lipinski definition) is 8. The third kappa shape index (κ3) is 24.0. The summed E-state index contributed by atoms with van der Waals surface area (Å²) in [5.74, 6) is -0.203. The molecule has 7 unspecified atom stereocenters. The van der Waals surface area contributed by atoms with Crippen LogP contribution >= 0.6 is 0 Å². The Morgan fingerprint density at radius 1 is 0.686 bits per heavy atom. The van der Waals surface area contributed by atoms with Gasteiger partial charge in [0.05, 0.1) is 25.4 Å². The Hall–Kier alpha value is -2.11. The van der Waals surface area contributed by atoms with E-state index in [-0.39, 0.29) is 12.5 Å². The van der Waals surface area contributed by atoms with Gasteiger partial charge in [0.1, 0.15) is 24.4 Å². The van der Waals surface area contributed by atoms with E-state index in [0.717, 1.165) is 70.6 Å². The summed E-state index contributed by atoms with van der Waals surface area (Å²) in [5.41, 5.74) is 0. The van der Waals surface area contributed by atoms with Gasteiger partial charge in [-0.05, 0) is 64.2 Å². The van der Waals surface area contributed by atoms with Crippen LogP contribution in [0.5, 0.6) is 0 Å². The standard InChI is InChI=1S/C42H73NO8/c1-3-5-7-9-11-13-15-16-17-18-19-20-22-24-26-28-30-32-38(46)43-35(34-50-42-41(49)40(48)39(47)37(33-44)51-42)36(45)31-29-27-25-23-21-14-12-10-8-6-4-2/h5,7,11,13,16-17,21,23,29,31,35-37,39-42,44-45,47-49H,3-4,6,8-10,12,14-15,18-20,22,24-28,30,32-34H2,1-2H3,(H,43,46)/b7-5-,13-11-,17-16-,23-21+,31-29+. The molecule has 9 nitrogen and oxygen atoms in total. The highest BCUT2D eigenvalue weighted by Crippen LogP contribution is 2.22. The molecular weight excluding hydrogens is 646 g/mol. The third-order valence-corrected chi connectivity index (χ3v) is 9.08. The molecule has 0 saturated carbocycles. The SMILES string of the molecule is CC/C=C\C/C=C\C/C=C\CCCCCCCCCC(=O)NC(COC1OC(CO)C(O)C(O)C1O)C(O)/C=C/CC/C=C/CCCCCCC. The van der Waals surface area contributed by atoms with E-state index in [9.17, 15) is 30.3 Å². The van der Waals surface area contributed by atoms with Gasteiger partial charge >= 0.3 is 0 Å². The molecule has 0 aromatic heterocycles. The van der Waals surface area contributed by atoms with E-state index < -0.39 is 49.5 Å². The molecule has 0 radical (unpaired) electrons. The first kappa shape index (κ1) is 46.9. The van der Waals surface area contributed by atoms with Gasteiger partial charge in [-0.15, -0.1) is 0 Å². The maximum absolute atomic E-state index is 12.9. The lowest BCUT2D eigenvalue weighted by Gasteiger charge is -2.40.